The van der Waals surface area contributed by atoms with E-state index in [1.807, 2.05) is 7.05 Å². The van der Waals surface area contributed by atoms with Gasteiger partial charge in [0.05, 0.1) is 12.2 Å². The summed E-state index contributed by atoms with van der Waals surface area (Å²) in [6.45, 7) is 1.91. The highest BCUT2D eigenvalue weighted by atomic mass is 16.5. The summed E-state index contributed by atoms with van der Waals surface area (Å²) in [6, 6.07) is 0. The first kappa shape index (κ1) is 10.1. The fraction of sp³-hybridized carbons (Fsp3) is 1.00. The Labute approximate surface area is 92.8 Å². The zero-order valence-corrected chi connectivity index (χ0v) is 9.80. The topological polar surface area (TPSA) is 21.3 Å². The lowest BCUT2D eigenvalue weighted by Crippen LogP contribution is -2.52. The molecule has 2 heteroatoms. The van der Waals surface area contributed by atoms with Gasteiger partial charge >= 0.3 is 0 Å². The Bertz CT molecular complexity index is 203. The molecule has 2 nitrogen and oxygen atoms in total. The van der Waals surface area contributed by atoms with E-state index in [2.05, 4.69) is 5.32 Å². The quantitative estimate of drug-likeness (QED) is 0.717. The second-order valence-electron chi connectivity index (χ2n) is 6.05. The molecule has 1 N–H and O–H groups in total. The molecule has 0 saturated heterocycles. The van der Waals surface area contributed by atoms with Crippen molar-refractivity contribution < 1.29 is 4.74 Å². The Balaban J connectivity index is 1.65. The third kappa shape index (κ3) is 1.83. The van der Waals surface area contributed by atoms with Crippen molar-refractivity contribution in [3.8, 4) is 0 Å². The fourth-order valence-electron chi connectivity index (χ4n) is 4.58. The molecule has 0 heterocycles. The summed E-state index contributed by atoms with van der Waals surface area (Å²) in [4.78, 5) is 0. The minimum Gasteiger partial charge on any atom is -0.374 e. The number of rotatable bonds is 4. The lowest BCUT2D eigenvalue weighted by molar-refractivity contribution is -0.161. The summed E-state index contributed by atoms with van der Waals surface area (Å²) >= 11 is 0. The Morgan fingerprint density at radius 1 is 1.07 bits per heavy atom. The predicted octanol–water partition coefficient (Wildman–Crippen LogP) is 2.19. The van der Waals surface area contributed by atoms with Crippen molar-refractivity contribution in [2.45, 2.75) is 44.1 Å². The molecule has 0 aliphatic heterocycles. The van der Waals surface area contributed by atoms with Gasteiger partial charge in [-0.1, -0.05) is 0 Å². The first-order chi connectivity index (χ1) is 7.30. The molecule has 0 unspecified atom stereocenters. The summed E-state index contributed by atoms with van der Waals surface area (Å²) in [5.41, 5.74) is 0.311. The highest BCUT2D eigenvalue weighted by Gasteiger charge is 2.51. The first-order valence-electron chi connectivity index (χ1n) is 6.58. The Hall–Kier alpha value is -0.0800. The van der Waals surface area contributed by atoms with Crippen LogP contribution >= 0.6 is 0 Å². The van der Waals surface area contributed by atoms with Gasteiger partial charge in [0.2, 0.25) is 0 Å². The van der Waals surface area contributed by atoms with Gasteiger partial charge in [-0.25, -0.2) is 0 Å². The maximum absolute atomic E-state index is 6.22. The minimum atomic E-state index is 0.311. The summed E-state index contributed by atoms with van der Waals surface area (Å²) in [6.07, 6.45) is 8.62. The third-order valence-electron chi connectivity index (χ3n) is 4.74. The zero-order chi connectivity index (χ0) is 10.3. The van der Waals surface area contributed by atoms with E-state index in [1.165, 1.54) is 38.5 Å². The molecular formula is C13H23NO. The molecule has 4 saturated carbocycles. The molecule has 4 aliphatic carbocycles. The molecule has 86 valence electrons. The van der Waals surface area contributed by atoms with E-state index in [4.69, 9.17) is 4.74 Å². The lowest BCUT2D eigenvalue weighted by atomic mass is 9.54. The van der Waals surface area contributed by atoms with E-state index < -0.39 is 0 Å². The average molecular weight is 209 g/mol. The van der Waals surface area contributed by atoms with Gasteiger partial charge in [0.15, 0.2) is 0 Å². The Morgan fingerprint density at radius 3 is 2.07 bits per heavy atom. The van der Waals surface area contributed by atoms with Gasteiger partial charge in [-0.05, 0) is 63.3 Å². The molecule has 0 spiro atoms. The van der Waals surface area contributed by atoms with E-state index >= 15 is 0 Å². The standard InChI is InChI=1S/C13H23NO/c1-14-2-3-15-13-7-10-4-11(8-13)6-12(5-10)9-13/h10-12,14H,2-9H2,1H3. The summed E-state index contributed by atoms with van der Waals surface area (Å²) in [7, 11) is 2.00. The molecule has 0 amide bonds. The van der Waals surface area contributed by atoms with Gasteiger partial charge in [0.25, 0.3) is 0 Å². The molecule has 15 heavy (non-hydrogen) atoms. The molecule has 4 fully saturated rings. The molecule has 0 atom stereocenters. The van der Waals surface area contributed by atoms with Crippen LogP contribution in [0.3, 0.4) is 0 Å². The van der Waals surface area contributed by atoms with Gasteiger partial charge in [0.1, 0.15) is 0 Å². The maximum Gasteiger partial charge on any atom is 0.0691 e. The van der Waals surface area contributed by atoms with Crippen LogP contribution < -0.4 is 5.32 Å². The van der Waals surface area contributed by atoms with Gasteiger partial charge in [-0.2, -0.15) is 0 Å². The van der Waals surface area contributed by atoms with Crippen molar-refractivity contribution in [2.24, 2.45) is 17.8 Å². The normalized spacial score (nSPS) is 47.4. The number of likely N-dealkylation sites (N-methyl/N-ethyl adjacent to an activating group) is 1. The van der Waals surface area contributed by atoms with Crippen LogP contribution in [0.2, 0.25) is 0 Å². The molecule has 4 bridgehead atoms. The Morgan fingerprint density at radius 2 is 1.60 bits per heavy atom. The Kier molecular flexibility index (Phi) is 2.52. The van der Waals surface area contributed by atoms with Crippen LogP contribution in [0.4, 0.5) is 0 Å². The van der Waals surface area contributed by atoms with Crippen molar-refractivity contribution in [3.63, 3.8) is 0 Å². The van der Waals surface area contributed by atoms with Crippen molar-refractivity contribution in [1.82, 2.24) is 5.32 Å². The van der Waals surface area contributed by atoms with E-state index in [9.17, 15) is 0 Å². The minimum absolute atomic E-state index is 0.311. The van der Waals surface area contributed by atoms with Crippen LogP contribution in [0.5, 0.6) is 0 Å². The lowest BCUT2D eigenvalue weighted by Gasteiger charge is -2.56. The highest BCUT2D eigenvalue weighted by Crippen LogP contribution is 2.56. The largest absolute Gasteiger partial charge is 0.374 e. The van der Waals surface area contributed by atoms with Gasteiger partial charge in [-0.3, -0.25) is 0 Å². The summed E-state index contributed by atoms with van der Waals surface area (Å²) < 4.78 is 6.22. The third-order valence-corrected chi connectivity index (χ3v) is 4.74. The molecule has 4 aliphatic rings. The summed E-state index contributed by atoms with van der Waals surface area (Å²) in [5, 5.41) is 3.18. The van der Waals surface area contributed by atoms with Crippen LogP contribution in [-0.2, 0) is 4.74 Å². The summed E-state index contributed by atoms with van der Waals surface area (Å²) in [5.74, 6) is 3.02. The van der Waals surface area contributed by atoms with Crippen molar-refractivity contribution >= 4 is 0 Å². The van der Waals surface area contributed by atoms with Crippen LogP contribution in [-0.4, -0.2) is 25.8 Å². The maximum atomic E-state index is 6.22. The molecule has 0 aromatic heterocycles. The van der Waals surface area contributed by atoms with Crippen molar-refractivity contribution in [1.29, 1.82) is 0 Å². The van der Waals surface area contributed by atoms with E-state index in [-0.39, 0.29) is 0 Å². The van der Waals surface area contributed by atoms with Gasteiger partial charge in [-0.15, -0.1) is 0 Å². The van der Waals surface area contributed by atoms with E-state index in [1.54, 1.807) is 0 Å². The monoisotopic (exact) mass is 209 g/mol. The van der Waals surface area contributed by atoms with Crippen LogP contribution in [0.1, 0.15) is 38.5 Å². The first-order valence-corrected chi connectivity index (χ1v) is 6.58. The highest BCUT2D eigenvalue weighted by molar-refractivity contribution is 5.03. The second-order valence-corrected chi connectivity index (χ2v) is 6.05. The number of hydrogen-bond donors (Lipinski definition) is 1. The average Bonchev–Trinajstić information content (AvgIpc) is 2.15. The van der Waals surface area contributed by atoms with Gasteiger partial charge in [0, 0.05) is 6.54 Å². The van der Waals surface area contributed by atoms with Crippen molar-refractivity contribution in [2.75, 3.05) is 20.2 Å². The van der Waals surface area contributed by atoms with Crippen molar-refractivity contribution in [3.05, 3.63) is 0 Å². The SMILES string of the molecule is CNCCOC12CC3CC(CC(C3)C1)C2. The van der Waals surface area contributed by atoms with Gasteiger partial charge < -0.3 is 10.1 Å². The molecule has 0 aromatic rings. The van der Waals surface area contributed by atoms with E-state index in [0.29, 0.717) is 5.60 Å². The number of nitrogens with one attached hydrogen (secondary N) is 1. The zero-order valence-electron chi connectivity index (χ0n) is 9.80. The number of hydrogen-bond acceptors (Lipinski definition) is 2. The van der Waals surface area contributed by atoms with E-state index in [0.717, 1.165) is 30.9 Å². The smallest absolute Gasteiger partial charge is 0.0691 e. The van der Waals surface area contributed by atoms with Crippen LogP contribution in [0.15, 0.2) is 0 Å². The molecule has 0 aromatic carbocycles. The number of ether oxygens (including phenoxy) is 1. The molecular weight excluding hydrogens is 186 g/mol. The molecule has 4 rings (SSSR count). The van der Waals surface area contributed by atoms with Crippen LogP contribution in [0.25, 0.3) is 0 Å². The fourth-order valence-corrected chi connectivity index (χ4v) is 4.58. The molecule has 0 radical (unpaired) electrons. The second kappa shape index (κ2) is 3.74. The predicted molar refractivity (Wildman–Crippen MR) is 60.8 cm³/mol. The van der Waals surface area contributed by atoms with Crippen LogP contribution in [0, 0.1) is 17.8 Å².